The van der Waals surface area contributed by atoms with E-state index in [0.29, 0.717) is 0 Å². The smallest absolute Gasteiger partial charge is 0.0543 e. The number of rotatable bonds is 6. The molecule has 10 aromatic carbocycles. The maximum Gasteiger partial charge on any atom is 0.0543 e. The lowest BCUT2D eigenvalue weighted by Crippen LogP contribution is -2.17. The molecule has 0 aromatic heterocycles. The molecule has 262 valence electrons. The molecule has 0 fully saturated rings. The molecule has 55 heavy (non-hydrogen) atoms. The van der Waals surface area contributed by atoms with Gasteiger partial charge in [0.25, 0.3) is 0 Å². The fourth-order valence-electron chi connectivity index (χ4n) is 9.77. The Labute approximate surface area is 321 Å². The second-order valence-corrected chi connectivity index (χ2v) is 15.9. The molecule has 0 aliphatic heterocycles. The summed E-state index contributed by atoms with van der Waals surface area (Å²) in [5, 5.41) is 13.1. The van der Waals surface area contributed by atoms with Crippen LogP contribution in [0.2, 0.25) is 0 Å². The van der Waals surface area contributed by atoms with Crippen molar-refractivity contribution in [3.05, 3.63) is 192 Å². The minimum absolute atomic E-state index is 0.115. The van der Waals surface area contributed by atoms with Crippen LogP contribution >= 0.6 is 0 Å². The molecule has 11 rings (SSSR count). The van der Waals surface area contributed by atoms with Crippen LogP contribution in [0, 0.1) is 13.8 Å². The molecule has 0 heterocycles. The van der Waals surface area contributed by atoms with E-state index in [1.165, 1.54) is 93.2 Å². The van der Waals surface area contributed by atoms with Crippen LogP contribution in [0.1, 0.15) is 36.1 Å². The molecule has 0 atom stereocenters. The van der Waals surface area contributed by atoms with Gasteiger partial charge in [-0.1, -0.05) is 123 Å². The highest BCUT2D eigenvalue weighted by atomic mass is 15.1. The quantitative estimate of drug-likeness (QED) is 0.159. The zero-order chi connectivity index (χ0) is 37.0. The van der Waals surface area contributed by atoms with Crippen LogP contribution in [0.5, 0.6) is 0 Å². The van der Waals surface area contributed by atoms with E-state index >= 15 is 0 Å². The second kappa shape index (κ2) is 11.7. The molecule has 0 spiro atoms. The highest BCUT2D eigenvalue weighted by Gasteiger charge is 2.35. The van der Waals surface area contributed by atoms with Gasteiger partial charge in [-0.2, -0.15) is 0 Å². The van der Waals surface area contributed by atoms with Crippen LogP contribution in [0.15, 0.2) is 170 Å². The first-order valence-electron chi connectivity index (χ1n) is 19.4. The third-order valence-electron chi connectivity index (χ3n) is 12.3. The van der Waals surface area contributed by atoms with Crippen molar-refractivity contribution in [2.75, 3.05) is 9.80 Å². The Kier molecular flexibility index (Phi) is 6.76. The van der Waals surface area contributed by atoms with Gasteiger partial charge in [0.1, 0.15) is 0 Å². The predicted molar refractivity (Wildman–Crippen MR) is 236 cm³/mol. The van der Waals surface area contributed by atoms with Crippen LogP contribution in [-0.2, 0) is 5.41 Å². The van der Waals surface area contributed by atoms with Crippen molar-refractivity contribution in [1.29, 1.82) is 0 Å². The summed E-state index contributed by atoms with van der Waals surface area (Å²) in [7, 11) is 0. The molecule has 0 N–H and O–H groups in total. The Bertz CT molecular complexity index is 3090. The molecular formula is C53H40N2. The maximum absolute atomic E-state index is 2.51. The van der Waals surface area contributed by atoms with Gasteiger partial charge in [0.05, 0.1) is 11.4 Å². The van der Waals surface area contributed by atoms with Crippen molar-refractivity contribution >= 4 is 88.0 Å². The maximum atomic E-state index is 2.51. The van der Waals surface area contributed by atoms with Gasteiger partial charge >= 0.3 is 0 Å². The van der Waals surface area contributed by atoms with Crippen molar-refractivity contribution in [2.45, 2.75) is 33.1 Å². The second-order valence-electron chi connectivity index (χ2n) is 15.9. The summed E-state index contributed by atoms with van der Waals surface area (Å²) in [6.07, 6.45) is 0. The minimum Gasteiger partial charge on any atom is -0.310 e. The SMILES string of the molecule is Cc1cc(N(c2ccccc2)c2ccccc2)c2ccc3c(C)cc(N(c4ccccc4)c4cc5c6c(ccc7cccc(c76)C5(C)C)c4)c4ccc1c2c34. The highest BCUT2D eigenvalue weighted by molar-refractivity contribution is 6.29. The van der Waals surface area contributed by atoms with Gasteiger partial charge in [-0.05, 0) is 140 Å². The van der Waals surface area contributed by atoms with Crippen molar-refractivity contribution in [3.63, 3.8) is 0 Å². The number of aryl methyl sites for hydroxylation is 2. The van der Waals surface area contributed by atoms with Crippen LogP contribution in [0.25, 0.3) is 53.9 Å². The van der Waals surface area contributed by atoms with E-state index < -0.39 is 0 Å². The van der Waals surface area contributed by atoms with Crippen LogP contribution in [-0.4, -0.2) is 0 Å². The van der Waals surface area contributed by atoms with Crippen molar-refractivity contribution < 1.29 is 0 Å². The van der Waals surface area contributed by atoms with Gasteiger partial charge in [0.15, 0.2) is 0 Å². The molecule has 0 radical (unpaired) electrons. The van der Waals surface area contributed by atoms with Crippen molar-refractivity contribution in [2.24, 2.45) is 0 Å². The molecular weight excluding hydrogens is 665 g/mol. The van der Waals surface area contributed by atoms with Crippen LogP contribution in [0.3, 0.4) is 0 Å². The molecule has 0 unspecified atom stereocenters. The van der Waals surface area contributed by atoms with Gasteiger partial charge in [-0.15, -0.1) is 0 Å². The lowest BCUT2D eigenvalue weighted by molar-refractivity contribution is 0.663. The number of anilines is 6. The molecule has 0 saturated carbocycles. The van der Waals surface area contributed by atoms with Gasteiger partial charge < -0.3 is 9.80 Å². The fourth-order valence-corrected chi connectivity index (χ4v) is 9.77. The van der Waals surface area contributed by atoms with E-state index in [-0.39, 0.29) is 5.41 Å². The summed E-state index contributed by atoms with van der Waals surface area (Å²) >= 11 is 0. The average Bonchev–Trinajstić information content (AvgIpc) is 3.45. The Morgan fingerprint density at radius 2 is 0.800 bits per heavy atom. The molecule has 0 amide bonds. The molecule has 1 aliphatic rings. The Balaban J connectivity index is 1.21. The zero-order valence-electron chi connectivity index (χ0n) is 31.6. The predicted octanol–water partition coefficient (Wildman–Crippen LogP) is 15.1. The topological polar surface area (TPSA) is 6.48 Å². The lowest BCUT2D eigenvalue weighted by atomic mass is 9.81. The summed E-state index contributed by atoms with van der Waals surface area (Å²) in [4.78, 5) is 4.92. The number of hydrogen-bond donors (Lipinski definition) is 0. The molecule has 2 heteroatoms. The van der Waals surface area contributed by atoms with E-state index in [1.807, 2.05) is 0 Å². The molecule has 0 saturated heterocycles. The third-order valence-corrected chi connectivity index (χ3v) is 12.3. The van der Waals surface area contributed by atoms with E-state index in [2.05, 4.69) is 207 Å². The first-order valence-corrected chi connectivity index (χ1v) is 19.4. The van der Waals surface area contributed by atoms with Crippen molar-refractivity contribution in [1.82, 2.24) is 0 Å². The van der Waals surface area contributed by atoms with Gasteiger partial charge in [0, 0.05) is 38.9 Å². The lowest BCUT2D eigenvalue weighted by Gasteiger charge is -2.31. The summed E-state index contributed by atoms with van der Waals surface area (Å²) < 4.78 is 0. The Hall–Kier alpha value is -6.64. The highest BCUT2D eigenvalue weighted by Crippen LogP contribution is 2.53. The minimum atomic E-state index is -0.115. The van der Waals surface area contributed by atoms with Gasteiger partial charge in [-0.3, -0.25) is 0 Å². The Morgan fingerprint density at radius 1 is 0.345 bits per heavy atom. The number of hydrogen-bond acceptors (Lipinski definition) is 2. The normalized spacial score (nSPS) is 13.2. The van der Waals surface area contributed by atoms with Crippen molar-refractivity contribution in [3.8, 4) is 0 Å². The van der Waals surface area contributed by atoms with E-state index in [1.54, 1.807) is 0 Å². The molecule has 1 aliphatic carbocycles. The average molecular weight is 705 g/mol. The van der Waals surface area contributed by atoms with E-state index in [0.717, 1.165) is 17.1 Å². The Morgan fingerprint density at radius 3 is 1.33 bits per heavy atom. The first kappa shape index (κ1) is 31.8. The van der Waals surface area contributed by atoms with E-state index in [9.17, 15) is 0 Å². The number of benzene rings is 10. The summed E-state index contributed by atoms with van der Waals surface area (Å²) in [5.74, 6) is 0. The fraction of sp³-hybridized carbons (Fsp3) is 0.0943. The monoisotopic (exact) mass is 704 g/mol. The largest absolute Gasteiger partial charge is 0.310 e. The summed E-state index contributed by atoms with van der Waals surface area (Å²) in [6.45, 7) is 9.33. The molecule has 10 aromatic rings. The van der Waals surface area contributed by atoms with Crippen LogP contribution < -0.4 is 9.80 Å². The van der Waals surface area contributed by atoms with Crippen LogP contribution in [0.4, 0.5) is 34.1 Å². The molecule has 2 nitrogen and oxygen atoms in total. The van der Waals surface area contributed by atoms with E-state index in [4.69, 9.17) is 0 Å². The summed E-state index contributed by atoms with van der Waals surface area (Å²) in [5.41, 5.74) is 12.2. The number of para-hydroxylation sites is 3. The first-order chi connectivity index (χ1) is 26.9. The third kappa shape index (κ3) is 4.55. The van der Waals surface area contributed by atoms with Gasteiger partial charge in [0.2, 0.25) is 0 Å². The zero-order valence-corrected chi connectivity index (χ0v) is 31.6. The number of nitrogens with zero attached hydrogens (tertiary/aromatic N) is 2. The standard InChI is InChI=1S/C53H40N2/c1-33-29-47(54(37-16-8-5-9-17-37)38-18-10-6-11-19-38)43-27-25-42-34(2)30-48(44-28-26-41(33)51(43)52(42)44)55(39-20-12-7-13-21-39)40-31-36-24-23-35-15-14-22-45-49(35)50(36)46(32-40)53(45,3)4/h5-32H,1-4H3. The van der Waals surface area contributed by atoms with Gasteiger partial charge in [-0.25, -0.2) is 0 Å². The molecule has 0 bridgehead atoms. The summed E-state index contributed by atoms with van der Waals surface area (Å²) in [6, 6.07) is 63.0.